The molecule has 0 aliphatic rings. The molecular formula is C14H22FNO3S. The lowest BCUT2D eigenvalue weighted by Gasteiger charge is -2.11. The average Bonchev–Trinajstić information content (AvgIpc) is 2.26. The van der Waals surface area contributed by atoms with Gasteiger partial charge in [-0.25, -0.2) is 12.8 Å². The van der Waals surface area contributed by atoms with Gasteiger partial charge in [0.2, 0.25) is 0 Å². The number of hydrogen-bond acceptors (Lipinski definition) is 4. The van der Waals surface area contributed by atoms with Crippen molar-refractivity contribution < 1.29 is 17.5 Å². The fraction of sp³-hybridized carbons (Fsp3) is 0.571. The second-order valence-corrected chi connectivity index (χ2v) is 7.92. The molecule has 0 saturated carbocycles. The highest BCUT2D eigenvalue weighted by atomic mass is 32.2. The number of halogens is 1. The standard InChI is InChI=1S/C14H22FNO3S/c1-10(2)20(17,18)5-4-19-14-8-12(6-11(3)16)7-13(15)9-14/h7-11H,4-6,16H2,1-3H3. The molecular weight excluding hydrogens is 281 g/mol. The van der Waals surface area contributed by atoms with Crippen LogP contribution < -0.4 is 10.5 Å². The first kappa shape index (κ1) is 16.9. The van der Waals surface area contributed by atoms with Crippen molar-refractivity contribution in [2.24, 2.45) is 5.73 Å². The molecule has 0 fully saturated rings. The van der Waals surface area contributed by atoms with Crippen LogP contribution in [0.4, 0.5) is 4.39 Å². The molecule has 1 aromatic rings. The summed E-state index contributed by atoms with van der Waals surface area (Å²) in [7, 11) is -3.15. The molecule has 6 heteroatoms. The van der Waals surface area contributed by atoms with Crippen molar-refractivity contribution in [1.82, 2.24) is 0 Å². The molecule has 1 rings (SSSR count). The van der Waals surface area contributed by atoms with E-state index in [-0.39, 0.29) is 18.4 Å². The molecule has 0 aliphatic heterocycles. The average molecular weight is 303 g/mol. The third-order valence-corrected chi connectivity index (χ3v) is 5.02. The first-order valence-electron chi connectivity index (χ1n) is 6.60. The molecule has 0 amide bonds. The monoisotopic (exact) mass is 303 g/mol. The van der Waals surface area contributed by atoms with E-state index in [4.69, 9.17) is 10.5 Å². The van der Waals surface area contributed by atoms with Gasteiger partial charge in [-0.15, -0.1) is 0 Å². The Bertz CT molecular complexity index is 541. The predicted octanol–water partition coefficient (Wildman–Crippen LogP) is 1.92. The third kappa shape index (κ3) is 5.46. The first-order valence-corrected chi connectivity index (χ1v) is 8.31. The van der Waals surface area contributed by atoms with Crippen LogP contribution in [-0.2, 0) is 16.3 Å². The van der Waals surface area contributed by atoms with Crippen LogP contribution in [0.15, 0.2) is 18.2 Å². The van der Waals surface area contributed by atoms with Crippen molar-refractivity contribution in [2.45, 2.75) is 38.5 Å². The zero-order valence-electron chi connectivity index (χ0n) is 12.1. The summed E-state index contributed by atoms with van der Waals surface area (Å²) >= 11 is 0. The van der Waals surface area contributed by atoms with Gasteiger partial charge in [0.05, 0.1) is 11.0 Å². The fourth-order valence-corrected chi connectivity index (χ4v) is 2.49. The maximum atomic E-state index is 13.4. The Balaban J connectivity index is 2.67. The minimum atomic E-state index is -3.15. The number of nitrogens with two attached hydrogens (primary N) is 1. The third-order valence-electron chi connectivity index (χ3n) is 2.84. The van der Waals surface area contributed by atoms with E-state index >= 15 is 0 Å². The molecule has 1 aromatic carbocycles. The van der Waals surface area contributed by atoms with E-state index in [1.165, 1.54) is 12.1 Å². The molecule has 1 atom stereocenters. The van der Waals surface area contributed by atoms with E-state index in [1.54, 1.807) is 19.9 Å². The highest BCUT2D eigenvalue weighted by Gasteiger charge is 2.16. The number of sulfone groups is 1. The summed E-state index contributed by atoms with van der Waals surface area (Å²) in [5.41, 5.74) is 6.41. The molecule has 20 heavy (non-hydrogen) atoms. The number of rotatable bonds is 7. The minimum absolute atomic E-state index is 0.0155. The van der Waals surface area contributed by atoms with Gasteiger partial charge in [0.25, 0.3) is 0 Å². The van der Waals surface area contributed by atoms with Crippen molar-refractivity contribution in [3.05, 3.63) is 29.6 Å². The molecule has 4 nitrogen and oxygen atoms in total. The highest BCUT2D eigenvalue weighted by Crippen LogP contribution is 2.17. The van der Waals surface area contributed by atoms with Gasteiger partial charge in [-0.3, -0.25) is 0 Å². The summed E-state index contributed by atoms with van der Waals surface area (Å²) in [4.78, 5) is 0. The van der Waals surface area contributed by atoms with E-state index in [0.29, 0.717) is 12.2 Å². The van der Waals surface area contributed by atoms with Crippen molar-refractivity contribution in [3.8, 4) is 5.75 Å². The van der Waals surface area contributed by atoms with Gasteiger partial charge in [0.15, 0.2) is 9.84 Å². The van der Waals surface area contributed by atoms with Gasteiger partial charge in [-0.1, -0.05) is 0 Å². The largest absolute Gasteiger partial charge is 0.492 e. The SMILES string of the molecule is CC(N)Cc1cc(F)cc(OCCS(=O)(=O)C(C)C)c1. The molecule has 0 aromatic heterocycles. The fourth-order valence-electron chi connectivity index (χ4n) is 1.71. The van der Waals surface area contributed by atoms with E-state index < -0.39 is 20.9 Å². The summed E-state index contributed by atoms with van der Waals surface area (Å²) in [6, 6.07) is 4.26. The second-order valence-electron chi connectivity index (χ2n) is 5.24. The zero-order valence-corrected chi connectivity index (χ0v) is 12.9. The summed E-state index contributed by atoms with van der Waals surface area (Å²) < 4.78 is 42.0. The van der Waals surface area contributed by atoms with Crippen molar-refractivity contribution in [2.75, 3.05) is 12.4 Å². The quantitative estimate of drug-likeness (QED) is 0.835. The Kier molecular flexibility index (Phi) is 5.95. The molecule has 0 spiro atoms. The van der Waals surface area contributed by atoms with Gasteiger partial charge >= 0.3 is 0 Å². The van der Waals surface area contributed by atoms with E-state index in [1.807, 2.05) is 6.92 Å². The van der Waals surface area contributed by atoms with Crippen LogP contribution in [0.5, 0.6) is 5.75 Å². The number of ether oxygens (including phenoxy) is 1. The molecule has 114 valence electrons. The van der Waals surface area contributed by atoms with E-state index in [0.717, 1.165) is 5.56 Å². The Morgan fingerprint density at radius 3 is 2.45 bits per heavy atom. The molecule has 0 heterocycles. The van der Waals surface area contributed by atoms with E-state index in [9.17, 15) is 12.8 Å². The zero-order chi connectivity index (χ0) is 15.3. The smallest absolute Gasteiger partial charge is 0.155 e. The summed E-state index contributed by atoms with van der Waals surface area (Å²) in [6.45, 7) is 5.10. The van der Waals surface area contributed by atoms with Gasteiger partial charge < -0.3 is 10.5 Å². The Labute approximate surface area is 120 Å². The lowest BCUT2D eigenvalue weighted by Crippen LogP contribution is -2.22. The van der Waals surface area contributed by atoms with Crippen LogP contribution in [0.25, 0.3) is 0 Å². The summed E-state index contributed by atoms with van der Waals surface area (Å²) in [5.74, 6) is -0.159. The summed E-state index contributed by atoms with van der Waals surface area (Å²) in [6.07, 6.45) is 0.540. The van der Waals surface area contributed by atoms with Crippen LogP contribution >= 0.6 is 0 Å². The maximum Gasteiger partial charge on any atom is 0.155 e. The van der Waals surface area contributed by atoms with Crippen LogP contribution in [-0.4, -0.2) is 32.1 Å². The molecule has 0 saturated heterocycles. The van der Waals surface area contributed by atoms with Crippen molar-refractivity contribution in [3.63, 3.8) is 0 Å². The highest BCUT2D eigenvalue weighted by molar-refractivity contribution is 7.91. The molecule has 2 N–H and O–H groups in total. The maximum absolute atomic E-state index is 13.4. The normalized spacial score (nSPS) is 13.5. The summed E-state index contributed by atoms with van der Waals surface area (Å²) in [5, 5.41) is -0.438. The Morgan fingerprint density at radius 1 is 1.25 bits per heavy atom. The minimum Gasteiger partial charge on any atom is -0.492 e. The number of benzene rings is 1. The van der Waals surface area contributed by atoms with Crippen LogP contribution in [0.1, 0.15) is 26.3 Å². The lowest BCUT2D eigenvalue weighted by molar-refractivity contribution is 0.338. The topological polar surface area (TPSA) is 69.4 Å². The molecule has 0 radical (unpaired) electrons. The Morgan fingerprint density at radius 2 is 1.90 bits per heavy atom. The Hall–Kier alpha value is -1.14. The first-order chi connectivity index (χ1) is 9.20. The molecule has 0 bridgehead atoms. The van der Waals surface area contributed by atoms with Gasteiger partial charge in [-0.05, 0) is 44.9 Å². The van der Waals surface area contributed by atoms with Crippen molar-refractivity contribution >= 4 is 9.84 Å². The van der Waals surface area contributed by atoms with Crippen LogP contribution in [0, 0.1) is 5.82 Å². The van der Waals surface area contributed by atoms with Crippen molar-refractivity contribution in [1.29, 1.82) is 0 Å². The number of hydrogen-bond donors (Lipinski definition) is 1. The second kappa shape index (κ2) is 7.04. The van der Waals surface area contributed by atoms with Gasteiger partial charge in [0, 0.05) is 12.1 Å². The van der Waals surface area contributed by atoms with Crippen LogP contribution in [0.2, 0.25) is 0 Å². The lowest BCUT2D eigenvalue weighted by atomic mass is 10.1. The molecule has 0 aliphatic carbocycles. The van der Waals surface area contributed by atoms with Gasteiger partial charge in [0.1, 0.15) is 18.2 Å². The van der Waals surface area contributed by atoms with E-state index in [2.05, 4.69) is 0 Å². The van der Waals surface area contributed by atoms with Crippen LogP contribution in [0.3, 0.4) is 0 Å². The molecule has 1 unspecified atom stereocenters. The van der Waals surface area contributed by atoms with Gasteiger partial charge in [-0.2, -0.15) is 0 Å². The predicted molar refractivity (Wildman–Crippen MR) is 78.2 cm³/mol.